The van der Waals surface area contributed by atoms with E-state index in [1.54, 1.807) is 0 Å². The Labute approximate surface area is 78.4 Å². The van der Waals surface area contributed by atoms with E-state index in [0.717, 1.165) is 12.2 Å². The van der Waals surface area contributed by atoms with Crippen molar-refractivity contribution in [3.8, 4) is 0 Å². The van der Waals surface area contributed by atoms with Crippen molar-refractivity contribution in [1.82, 2.24) is 9.78 Å². The van der Waals surface area contributed by atoms with Gasteiger partial charge >= 0.3 is 0 Å². The molecule has 1 aromatic rings. The molecule has 13 heavy (non-hydrogen) atoms. The monoisotopic (exact) mass is 183 g/mol. The van der Waals surface area contributed by atoms with Crippen LogP contribution in [-0.2, 0) is 13.0 Å². The van der Waals surface area contributed by atoms with Crippen molar-refractivity contribution < 1.29 is 5.11 Å². The predicted molar refractivity (Wildman–Crippen MR) is 51.3 cm³/mol. The van der Waals surface area contributed by atoms with Gasteiger partial charge in [-0.3, -0.25) is 4.68 Å². The summed E-state index contributed by atoms with van der Waals surface area (Å²) in [6.07, 6.45) is 2.53. The Morgan fingerprint density at radius 1 is 1.69 bits per heavy atom. The van der Waals surface area contributed by atoms with Crippen LogP contribution in [0.4, 0.5) is 0 Å². The molecule has 4 nitrogen and oxygen atoms in total. The molecule has 0 bridgehead atoms. The van der Waals surface area contributed by atoms with Gasteiger partial charge in [-0.1, -0.05) is 0 Å². The van der Waals surface area contributed by atoms with E-state index in [9.17, 15) is 0 Å². The molecule has 0 saturated heterocycles. The molecule has 3 N–H and O–H groups in total. The zero-order valence-electron chi connectivity index (χ0n) is 8.20. The standard InChI is InChI=1S/C9H17N3O/c1-3-12-5-4-8(11-12)6-9(2,10)7-13/h4-5,13H,3,6-7,10H2,1-2H3. The van der Waals surface area contributed by atoms with Crippen molar-refractivity contribution in [3.05, 3.63) is 18.0 Å². The molecule has 4 heteroatoms. The minimum absolute atomic E-state index is 0.0218. The maximum absolute atomic E-state index is 8.96. The molecule has 1 heterocycles. The minimum Gasteiger partial charge on any atom is -0.394 e. The minimum atomic E-state index is -0.563. The maximum Gasteiger partial charge on any atom is 0.0643 e. The molecule has 0 amide bonds. The Hall–Kier alpha value is -0.870. The highest BCUT2D eigenvalue weighted by Crippen LogP contribution is 2.07. The molecule has 0 radical (unpaired) electrons. The lowest BCUT2D eigenvalue weighted by Gasteiger charge is -2.19. The van der Waals surface area contributed by atoms with Crippen LogP contribution in [0.5, 0.6) is 0 Å². The number of aryl methyl sites for hydroxylation is 1. The highest BCUT2D eigenvalue weighted by atomic mass is 16.3. The molecule has 1 atom stereocenters. The Balaban J connectivity index is 2.63. The van der Waals surface area contributed by atoms with E-state index >= 15 is 0 Å². The Morgan fingerprint density at radius 2 is 2.38 bits per heavy atom. The molecule has 0 aromatic carbocycles. The zero-order chi connectivity index (χ0) is 9.90. The normalized spacial score (nSPS) is 15.7. The van der Waals surface area contributed by atoms with Gasteiger partial charge in [0.1, 0.15) is 0 Å². The van der Waals surface area contributed by atoms with E-state index in [4.69, 9.17) is 10.8 Å². The summed E-state index contributed by atoms with van der Waals surface area (Å²) < 4.78 is 1.85. The summed E-state index contributed by atoms with van der Waals surface area (Å²) >= 11 is 0. The average Bonchev–Trinajstić information content (AvgIpc) is 2.52. The second-order valence-corrected chi connectivity index (χ2v) is 3.65. The third kappa shape index (κ3) is 2.82. The number of aliphatic hydroxyl groups is 1. The molecule has 0 aliphatic rings. The van der Waals surface area contributed by atoms with Crippen LogP contribution in [0.1, 0.15) is 19.5 Å². The molecule has 1 unspecified atom stereocenters. The van der Waals surface area contributed by atoms with Crippen LogP contribution < -0.4 is 5.73 Å². The largest absolute Gasteiger partial charge is 0.394 e. The first-order valence-electron chi connectivity index (χ1n) is 4.49. The molecule has 1 rings (SSSR count). The van der Waals surface area contributed by atoms with E-state index in [1.165, 1.54) is 0 Å². The quantitative estimate of drug-likeness (QED) is 0.698. The highest BCUT2D eigenvalue weighted by molar-refractivity contribution is 5.04. The molecular formula is C9H17N3O. The van der Waals surface area contributed by atoms with Crippen molar-refractivity contribution in [1.29, 1.82) is 0 Å². The van der Waals surface area contributed by atoms with Gasteiger partial charge in [0.05, 0.1) is 12.3 Å². The maximum atomic E-state index is 8.96. The molecule has 0 fully saturated rings. The number of nitrogens with two attached hydrogens (primary N) is 1. The van der Waals surface area contributed by atoms with Crippen molar-refractivity contribution >= 4 is 0 Å². The van der Waals surface area contributed by atoms with E-state index in [2.05, 4.69) is 5.10 Å². The van der Waals surface area contributed by atoms with Gasteiger partial charge in [0.25, 0.3) is 0 Å². The Morgan fingerprint density at radius 3 is 2.85 bits per heavy atom. The first kappa shape index (κ1) is 10.2. The zero-order valence-corrected chi connectivity index (χ0v) is 8.20. The summed E-state index contributed by atoms with van der Waals surface area (Å²) in [6, 6.07) is 1.93. The highest BCUT2D eigenvalue weighted by Gasteiger charge is 2.18. The molecular weight excluding hydrogens is 166 g/mol. The van der Waals surface area contributed by atoms with Gasteiger partial charge in [-0.05, 0) is 19.9 Å². The summed E-state index contributed by atoms with van der Waals surface area (Å²) in [5.41, 5.74) is 6.17. The van der Waals surface area contributed by atoms with Gasteiger partial charge < -0.3 is 10.8 Å². The van der Waals surface area contributed by atoms with Crippen LogP contribution in [0, 0.1) is 0 Å². The summed E-state index contributed by atoms with van der Waals surface area (Å²) in [7, 11) is 0. The van der Waals surface area contributed by atoms with Crippen LogP contribution in [-0.4, -0.2) is 27.0 Å². The predicted octanol–water partition coefficient (Wildman–Crippen LogP) is 0.155. The third-order valence-corrected chi connectivity index (χ3v) is 1.97. The number of hydrogen-bond donors (Lipinski definition) is 2. The molecule has 74 valence electrons. The van der Waals surface area contributed by atoms with Gasteiger partial charge in [-0.15, -0.1) is 0 Å². The summed E-state index contributed by atoms with van der Waals surface area (Å²) in [6.45, 7) is 4.69. The third-order valence-electron chi connectivity index (χ3n) is 1.97. The lowest BCUT2D eigenvalue weighted by atomic mass is 9.99. The van der Waals surface area contributed by atoms with Gasteiger partial charge in [0, 0.05) is 24.7 Å². The number of rotatable bonds is 4. The van der Waals surface area contributed by atoms with E-state index in [0.29, 0.717) is 6.42 Å². The number of hydrogen-bond acceptors (Lipinski definition) is 3. The van der Waals surface area contributed by atoms with Gasteiger partial charge in [0.15, 0.2) is 0 Å². The van der Waals surface area contributed by atoms with Crippen LogP contribution in [0.25, 0.3) is 0 Å². The van der Waals surface area contributed by atoms with Crippen LogP contribution >= 0.6 is 0 Å². The molecule has 0 spiro atoms. The van der Waals surface area contributed by atoms with Gasteiger partial charge in [0.2, 0.25) is 0 Å². The number of aliphatic hydroxyl groups excluding tert-OH is 1. The van der Waals surface area contributed by atoms with E-state index < -0.39 is 5.54 Å². The van der Waals surface area contributed by atoms with E-state index in [1.807, 2.05) is 30.8 Å². The topological polar surface area (TPSA) is 64.1 Å². The molecule has 0 aliphatic carbocycles. The lowest BCUT2D eigenvalue weighted by Crippen LogP contribution is -2.42. The Bertz CT molecular complexity index is 268. The van der Waals surface area contributed by atoms with Gasteiger partial charge in [-0.25, -0.2) is 0 Å². The fraction of sp³-hybridized carbons (Fsp3) is 0.667. The van der Waals surface area contributed by atoms with Crippen molar-refractivity contribution in [2.45, 2.75) is 32.4 Å². The SMILES string of the molecule is CCn1ccc(CC(C)(N)CO)n1. The number of nitrogens with zero attached hydrogens (tertiary/aromatic N) is 2. The van der Waals surface area contributed by atoms with Crippen molar-refractivity contribution in [3.63, 3.8) is 0 Å². The summed E-state index contributed by atoms with van der Waals surface area (Å²) in [5, 5.41) is 13.2. The Kier molecular flexibility index (Phi) is 3.06. The smallest absolute Gasteiger partial charge is 0.0643 e. The van der Waals surface area contributed by atoms with Crippen LogP contribution in [0.3, 0.4) is 0 Å². The van der Waals surface area contributed by atoms with Crippen molar-refractivity contribution in [2.75, 3.05) is 6.61 Å². The molecule has 0 saturated carbocycles. The van der Waals surface area contributed by atoms with Gasteiger partial charge in [-0.2, -0.15) is 5.10 Å². The van der Waals surface area contributed by atoms with E-state index in [-0.39, 0.29) is 6.61 Å². The fourth-order valence-corrected chi connectivity index (χ4v) is 1.14. The van der Waals surface area contributed by atoms with Crippen molar-refractivity contribution in [2.24, 2.45) is 5.73 Å². The summed E-state index contributed by atoms with van der Waals surface area (Å²) in [5.74, 6) is 0. The van der Waals surface area contributed by atoms with Crippen LogP contribution in [0.15, 0.2) is 12.3 Å². The molecule has 1 aromatic heterocycles. The fourth-order valence-electron chi connectivity index (χ4n) is 1.14. The average molecular weight is 183 g/mol. The first-order chi connectivity index (χ1) is 6.07. The summed E-state index contributed by atoms with van der Waals surface area (Å²) in [4.78, 5) is 0. The number of aromatic nitrogens is 2. The second-order valence-electron chi connectivity index (χ2n) is 3.65. The molecule has 0 aliphatic heterocycles. The second kappa shape index (κ2) is 3.89. The van der Waals surface area contributed by atoms with Crippen LogP contribution in [0.2, 0.25) is 0 Å². The lowest BCUT2D eigenvalue weighted by molar-refractivity contribution is 0.207. The first-order valence-corrected chi connectivity index (χ1v) is 4.49.